The fourth-order valence-electron chi connectivity index (χ4n) is 1.59. The second-order valence-corrected chi connectivity index (χ2v) is 6.13. The molecule has 0 unspecified atom stereocenters. The molecular weight excluding hydrogens is 301 g/mol. The lowest BCUT2D eigenvalue weighted by molar-refractivity contribution is 0.179. The molecule has 1 aromatic carbocycles. The van der Waals surface area contributed by atoms with Gasteiger partial charge in [0.1, 0.15) is 11.7 Å². The molecule has 3 N–H and O–H groups in total. The first-order chi connectivity index (χ1) is 9.91. The van der Waals surface area contributed by atoms with Gasteiger partial charge in [-0.1, -0.05) is 5.16 Å². The van der Waals surface area contributed by atoms with E-state index in [0.717, 1.165) is 16.4 Å². The zero-order chi connectivity index (χ0) is 15.9. The Kier molecular flexibility index (Phi) is 6.53. The lowest BCUT2D eigenvalue weighted by Crippen LogP contribution is -2.36. The van der Waals surface area contributed by atoms with Crippen molar-refractivity contribution in [2.24, 2.45) is 10.9 Å². The summed E-state index contributed by atoms with van der Waals surface area (Å²) in [6.45, 7) is 0.324. The number of amidine groups is 1. The Labute approximate surface area is 122 Å². The summed E-state index contributed by atoms with van der Waals surface area (Å²) in [4.78, 5) is -0.0282. The maximum atomic E-state index is 12.9. The van der Waals surface area contributed by atoms with E-state index >= 15 is 0 Å². The van der Waals surface area contributed by atoms with E-state index in [0.29, 0.717) is 0 Å². The number of rotatable bonds is 8. The number of oxime groups is 1. The first kappa shape index (κ1) is 17.3. The Morgan fingerprint density at radius 2 is 2.00 bits per heavy atom. The van der Waals surface area contributed by atoms with Gasteiger partial charge in [0, 0.05) is 26.6 Å². The van der Waals surface area contributed by atoms with Crippen molar-refractivity contribution in [1.82, 2.24) is 4.31 Å². The molecule has 0 aliphatic heterocycles. The van der Waals surface area contributed by atoms with Crippen LogP contribution in [-0.2, 0) is 14.8 Å². The van der Waals surface area contributed by atoms with E-state index in [9.17, 15) is 12.8 Å². The molecule has 0 atom stereocenters. The Morgan fingerprint density at radius 3 is 2.52 bits per heavy atom. The first-order valence-electron chi connectivity index (χ1n) is 6.13. The molecule has 0 spiro atoms. The molecule has 9 heteroatoms. The summed E-state index contributed by atoms with van der Waals surface area (Å²) >= 11 is 0. The molecule has 118 valence electrons. The summed E-state index contributed by atoms with van der Waals surface area (Å²) < 4.78 is 43.8. The van der Waals surface area contributed by atoms with Crippen LogP contribution in [0.1, 0.15) is 6.42 Å². The minimum absolute atomic E-state index is 0.0267. The highest BCUT2D eigenvalue weighted by molar-refractivity contribution is 7.89. The maximum Gasteiger partial charge on any atom is 0.243 e. The van der Waals surface area contributed by atoms with Crippen LogP contribution < -0.4 is 5.73 Å². The number of nitrogens with two attached hydrogens (primary N) is 1. The molecular formula is C12H18FN3O4S. The van der Waals surface area contributed by atoms with Crippen molar-refractivity contribution in [1.29, 1.82) is 0 Å². The zero-order valence-corrected chi connectivity index (χ0v) is 12.4. The Hall–Kier alpha value is -1.71. The van der Waals surface area contributed by atoms with Crippen molar-refractivity contribution < 1.29 is 22.8 Å². The van der Waals surface area contributed by atoms with Gasteiger partial charge in [0.2, 0.25) is 10.0 Å². The highest BCUT2D eigenvalue weighted by atomic mass is 32.2. The number of nitrogens with zero attached hydrogens (tertiary/aromatic N) is 2. The van der Waals surface area contributed by atoms with Crippen molar-refractivity contribution in [3.63, 3.8) is 0 Å². The van der Waals surface area contributed by atoms with Crippen LogP contribution in [0.5, 0.6) is 0 Å². The number of methoxy groups -OCH3 is 1. The monoisotopic (exact) mass is 319 g/mol. The molecule has 0 aliphatic rings. The molecule has 21 heavy (non-hydrogen) atoms. The van der Waals surface area contributed by atoms with Gasteiger partial charge in [-0.15, -0.1) is 0 Å². The molecule has 0 bridgehead atoms. The van der Waals surface area contributed by atoms with Crippen LogP contribution in [0.4, 0.5) is 4.39 Å². The van der Waals surface area contributed by atoms with Crippen LogP contribution in [0.25, 0.3) is 0 Å². The number of halogens is 1. The normalized spacial score (nSPS) is 12.8. The van der Waals surface area contributed by atoms with Gasteiger partial charge < -0.3 is 15.7 Å². The van der Waals surface area contributed by atoms with Gasteiger partial charge in [0.15, 0.2) is 0 Å². The van der Waals surface area contributed by atoms with Crippen LogP contribution in [0.15, 0.2) is 34.3 Å². The number of hydrogen-bond acceptors (Lipinski definition) is 5. The first-order valence-corrected chi connectivity index (χ1v) is 7.57. The van der Waals surface area contributed by atoms with Crippen LogP contribution in [0.2, 0.25) is 0 Å². The standard InChI is InChI=1S/C12H18FN3O4S/c1-20-9-8-16(7-6-12(14)15-17)21(18,19)11-4-2-10(13)3-5-11/h2-5,17H,6-9H2,1H3,(H2,14,15). The largest absolute Gasteiger partial charge is 0.409 e. The van der Waals surface area contributed by atoms with Crippen molar-refractivity contribution in [2.75, 3.05) is 26.8 Å². The van der Waals surface area contributed by atoms with Crippen molar-refractivity contribution >= 4 is 15.9 Å². The molecule has 0 saturated heterocycles. The summed E-state index contributed by atoms with van der Waals surface area (Å²) in [6.07, 6.45) is 0.0701. The highest BCUT2D eigenvalue weighted by Gasteiger charge is 2.24. The summed E-state index contributed by atoms with van der Waals surface area (Å²) in [7, 11) is -2.35. The topological polar surface area (TPSA) is 105 Å². The highest BCUT2D eigenvalue weighted by Crippen LogP contribution is 2.16. The van der Waals surface area contributed by atoms with Crippen molar-refractivity contribution in [3.8, 4) is 0 Å². The van der Waals surface area contributed by atoms with Gasteiger partial charge in [-0.25, -0.2) is 12.8 Å². The van der Waals surface area contributed by atoms with Crippen LogP contribution >= 0.6 is 0 Å². The third kappa shape index (κ3) is 4.96. The second kappa shape index (κ2) is 7.91. The molecule has 1 rings (SSSR count). The molecule has 0 saturated carbocycles. The Balaban J connectivity index is 2.96. The van der Waals surface area contributed by atoms with Crippen LogP contribution in [-0.4, -0.2) is 50.6 Å². The summed E-state index contributed by atoms with van der Waals surface area (Å²) in [5.41, 5.74) is 5.35. The summed E-state index contributed by atoms with van der Waals surface area (Å²) in [5, 5.41) is 11.3. The molecule has 0 amide bonds. The predicted molar refractivity (Wildman–Crippen MR) is 75.1 cm³/mol. The van der Waals surface area contributed by atoms with Crippen molar-refractivity contribution in [3.05, 3.63) is 30.1 Å². The van der Waals surface area contributed by atoms with Crippen LogP contribution in [0, 0.1) is 5.82 Å². The van der Waals surface area contributed by atoms with Gasteiger partial charge in [-0.3, -0.25) is 0 Å². The molecule has 0 heterocycles. The van der Waals surface area contributed by atoms with E-state index in [2.05, 4.69) is 5.16 Å². The molecule has 0 radical (unpaired) electrons. The predicted octanol–water partition coefficient (Wildman–Crippen LogP) is 0.599. The minimum atomic E-state index is -3.80. The fraction of sp³-hybridized carbons (Fsp3) is 0.417. The smallest absolute Gasteiger partial charge is 0.243 e. The number of sulfonamides is 1. The molecule has 0 aliphatic carbocycles. The van der Waals surface area contributed by atoms with Gasteiger partial charge >= 0.3 is 0 Å². The molecule has 0 fully saturated rings. The van der Waals surface area contributed by atoms with Gasteiger partial charge in [-0.2, -0.15) is 4.31 Å². The maximum absolute atomic E-state index is 12.9. The third-order valence-corrected chi connectivity index (χ3v) is 4.65. The average molecular weight is 319 g/mol. The van der Waals surface area contributed by atoms with E-state index in [1.165, 1.54) is 19.2 Å². The van der Waals surface area contributed by atoms with Gasteiger partial charge in [-0.05, 0) is 24.3 Å². The van der Waals surface area contributed by atoms with E-state index in [1.54, 1.807) is 0 Å². The summed E-state index contributed by atoms with van der Waals surface area (Å²) in [5.74, 6) is -0.597. The number of benzene rings is 1. The van der Waals surface area contributed by atoms with E-state index in [4.69, 9.17) is 15.7 Å². The van der Waals surface area contributed by atoms with Gasteiger partial charge in [0.05, 0.1) is 11.5 Å². The second-order valence-electron chi connectivity index (χ2n) is 4.19. The molecule has 0 aromatic heterocycles. The van der Waals surface area contributed by atoms with Gasteiger partial charge in [0.25, 0.3) is 0 Å². The Bertz CT molecular complexity index is 575. The van der Waals surface area contributed by atoms with Crippen molar-refractivity contribution in [2.45, 2.75) is 11.3 Å². The fourth-order valence-corrected chi connectivity index (χ4v) is 3.01. The average Bonchev–Trinajstić information content (AvgIpc) is 2.47. The van der Waals surface area contributed by atoms with Crippen LogP contribution in [0.3, 0.4) is 0 Å². The van der Waals surface area contributed by atoms with E-state index < -0.39 is 15.8 Å². The number of hydrogen-bond donors (Lipinski definition) is 2. The van der Waals surface area contributed by atoms with E-state index in [-0.39, 0.29) is 36.8 Å². The lowest BCUT2D eigenvalue weighted by Gasteiger charge is -2.21. The third-order valence-electron chi connectivity index (χ3n) is 2.74. The summed E-state index contributed by atoms with van der Waals surface area (Å²) in [6, 6.07) is 4.53. The Morgan fingerprint density at radius 1 is 1.38 bits per heavy atom. The van der Waals surface area contributed by atoms with E-state index in [1.807, 2.05) is 0 Å². The SMILES string of the molecule is COCCN(CCC(N)=NO)S(=O)(=O)c1ccc(F)cc1. The minimum Gasteiger partial charge on any atom is -0.409 e. The number of ether oxygens (including phenoxy) is 1. The quantitative estimate of drug-likeness (QED) is 0.316. The zero-order valence-electron chi connectivity index (χ0n) is 11.6. The molecule has 1 aromatic rings. The lowest BCUT2D eigenvalue weighted by atomic mass is 10.4. The molecule has 7 nitrogen and oxygen atoms in total.